The van der Waals surface area contributed by atoms with Crippen molar-refractivity contribution in [1.29, 1.82) is 0 Å². The number of rotatable bonds is 2. The highest BCUT2D eigenvalue weighted by Gasteiger charge is 2.31. The zero-order valence-electron chi connectivity index (χ0n) is 11.5. The van der Waals surface area contributed by atoms with E-state index in [2.05, 4.69) is 16.9 Å². The number of carbonyl (C=O) groups is 1. The van der Waals surface area contributed by atoms with Crippen molar-refractivity contribution in [3.05, 3.63) is 16.5 Å². The number of anilines is 1. The molecule has 6 heteroatoms. The third-order valence-corrected chi connectivity index (χ3v) is 4.06. The molecule has 2 N–H and O–H groups in total. The number of nitrogens with zero attached hydrogens (tertiary/aromatic N) is 3. The third kappa shape index (κ3) is 2.81. The largest absolute Gasteiger partial charge is 0.369 e. The monoisotopic (exact) mass is 282 g/mol. The molecule has 5 nitrogen and oxygen atoms in total. The van der Waals surface area contributed by atoms with Gasteiger partial charge >= 0.3 is 0 Å². The number of halogens is 1. The average Bonchev–Trinajstić information content (AvgIpc) is 2.34. The summed E-state index contributed by atoms with van der Waals surface area (Å²) < 4.78 is 0. The number of aromatic nitrogens is 2. The predicted molar refractivity (Wildman–Crippen MR) is 75.2 cm³/mol. The van der Waals surface area contributed by atoms with Gasteiger partial charge in [0.25, 0.3) is 0 Å². The molecule has 1 aromatic rings. The summed E-state index contributed by atoms with van der Waals surface area (Å²) in [5.41, 5.74) is 7.09. The van der Waals surface area contributed by atoms with E-state index in [9.17, 15) is 4.79 Å². The molecule has 0 saturated carbocycles. The molecule has 0 radical (unpaired) electrons. The summed E-state index contributed by atoms with van der Waals surface area (Å²) in [6, 6.07) is 0.282. The first kappa shape index (κ1) is 14.1. The smallest absolute Gasteiger partial charge is 0.222 e. The van der Waals surface area contributed by atoms with E-state index < -0.39 is 0 Å². The third-order valence-electron chi connectivity index (χ3n) is 3.80. The first-order valence-corrected chi connectivity index (χ1v) is 6.84. The molecule has 1 amide bonds. The van der Waals surface area contributed by atoms with Crippen molar-refractivity contribution >= 4 is 23.3 Å². The number of amides is 1. The molecule has 2 unspecified atom stereocenters. The quantitative estimate of drug-likeness (QED) is 0.898. The number of aryl methyl sites for hydroxylation is 2. The summed E-state index contributed by atoms with van der Waals surface area (Å²) in [6.07, 6.45) is 1.72. The Labute approximate surface area is 118 Å². The average molecular weight is 283 g/mol. The van der Waals surface area contributed by atoms with Crippen molar-refractivity contribution in [3.63, 3.8) is 0 Å². The molecule has 1 aliphatic heterocycles. The first-order chi connectivity index (χ1) is 8.90. The lowest BCUT2D eigenvalue weighted by Gasteiger charge is -2.38. The fourth-order valence-corrected chi connectivity index (χ4v) is 2.66. The molecule has 104 valence electrons. The number of piperidine rings is 1. The molecule has 2 heterocycles. The van der Waals surface area contributed by atoms with Crippen LogP contribution in [0, 0.1) is 19.8 Å². The summed E-state index contributed by atoms with van der Waals surface area (Å²) in [4.78, 5) is 22.2. The fourth-order valence-electron chi connectivity index (χ4n) is 2.38. The van der Waals surface area contributed by atoms with Gasteiger partial charge in [0.2, 0.25) is 5.91 Å². The first-order valence-electron chi connectivity index (χ1n) is 6.47. The minimum atomic E-state index is -0.259. The van der Waals surface area contributed by atoms with Gasteiger partial charge in [-0.25, -0.2) is 9.97 Å². The van der Waals surface area contributed by atoms with Gasteiger partial charge in [-0.2, -0.15) is 0 Å². The normalized spacial score (nSPS) is 23.5. The lowest BCUT2D eigenvalue weighted by atomic mass is 9.93. The maximum absolute atomic E-state index is 11.4. The summed E-state index contributed by atoms with van der Waals surface area (Å²) in [5.74, 6) is 0.253. The highest BCUT2D eigenvalue weighted by Crippen LogP contribution is 2.30. The van der Waals surface area contributed by atoms with Crippen molar-refractivity contribution in [2.24, 2.45) is 11.7 Å². The molecule has 0 spiro atoms. The number of carbonyl (C=O) groups excluding carboxylic acids is 1. The SMILES string of the molecule is Cc1nc(Cl)c(N2CC(C(N)=O)CCC2C)nc1C. The number of nitrogens with two attached hydrogens (primary N) is 1. The summed E-state index contributed by atoms with van der Waals surface area (Å²) in [5, 5.41) is 0.389. The Kier molecular flexibility index (Phi) is 3.94. The molecule has 0 aromatic carbocycles. The second-order valence-electron chi connectivity index (χ2n) is 5.19. The van der Waals surface area contributed by atoms with E-state index in [0.717, 1.165) is 24.2 Å². The van der Waals surface area contributed by atoms with Crippen molar-refractivity contribution < 1.29 is 4.79 Å². The Morgan fingerprint density at radius 2 is 1.95 bits per heavy atom. The highest BCUT2D eigenvalue weighted by molar-refractivity contribution is 6.31. The molecule has 0 aliphatic carbocycles. The molecule has 19 heavy (non-hydrogen) atoms. The van der Waals surface area contributed by atoms with Gasteiger partial charge in [-0.3, -0.25) is 4.79 Å². The van der Waals surface area contributed by atoms with Crippen LogP contribution in [0.5, 0.6) is 0 Å². The van der Waals surface area contributed by atoms with Gasteiger partial charge in [-0.05, 0) is 33.6 Å². The minimum Gasteiger partial charge on any atom is -0.369 e. The molecular formula is C13H19ClN4O. The second-order valence-corrected chi connectivity index (χ2v) is 5.54. The number of primary amides is 1. The molecular weight excluding hydrogens is 264 g/mol. The summed E-state index contributed by atoms with van der Waals surface area (Å²) >= 11 is 6.20. The van der Waals surface area contributed by atoms with Crippen molar-refractivity contribution in [2.75, 3.05) is 11.4 Å². The van der Waals surface area contributed by atoms with E-state index in [4.69, 9.17) is 17.3 Å². The van der Waals surface area contributed by atoms with Crippen LogP contribution in [0.3, 0.4) is 0 Å². The minimum absolute atomic E-state index is 0.143. The van der Waals surface area contributed by atoms with Crippen LogP contribution >= 0.6 is 11.6 Å². The lowest BCUT2D eigenvalue weighted by Crippen LogP contribution is -2.46. The van der Waals surface area contributed by atoms with E-state index in [-0.39, 0.29) is 17.9 Å². The Morgan fingerprint density at radius 1 is 1.32 bits per heavy atom. The topological polar surface area (TPSA) is 72.1 Å². The Hall–Kier alpha value is -1.36. The van der Waals surface area contributed by atoms with E-state index in [0.29, 0.717) is 17.5 Å². The van der Waals surface area contributed by atoms with Crippen LogP contribution in [0.2, 0.25) is 5.15 Å². The van der Waals surface area contributed by atoms with Crippen LogP contribution < -0.4 is 10.6 Å². The van der Waals surface area contributed by atoms with Crippen LogP contribution in [0.15, 0.2) is 0 Å². The van der Waals surface area contributed by atoms with Gasteiger partial charge in [0.15, 0.2) is 11.0 Å². The van der Waals surface area contributed by atoms with Crippen LogP contribution in [0.25, 0.3) is 0 Å². The van der Waals surface area contributed by atoms with Gasteiger partial charge in [-0.15, -0.1) is 0 Å². The molecule has 0 bridgehead atoms. The van der Waals surface area contributed by atoms with Crippen molar-refractivity contribution in [3.8, 4) is 0 Å². The van der Waals surface area contributed by atoms with Gasteiger partial charge < -0.3 is 10.6 Å². The molecule has 2 rings (SSSR count). The van der Waals surface area contributed by atoms with Crippen LogP contribution in [-0.4, -0.2) is 28.5 Å². The second kappa shape index (κ2) is 5.33. The van der Waals surface area contributed by atoms with Gasteiger partial charge in [0.05, 0.1) is 17.3 Å². The highest BCUT2D eigenvalue weighted by atomic mass is 35.5. The molecule has 1 aliphatic rings. The van der Waals surface area contributed by atoms with Crippen LogP contribution in [0.4, 0.5) is 5.82 Å². The summed E-state index contributed by atoms with van der Waals surface area (Å²) in [7, 11) is 0. The Morgan fingerprint density at radius 3 is 2.58 bits per heavy atom. The Balaban J connectivity index is 2.33. The zero-order chi connectivity index (χ0) is 14.2. The van der Waals surface area contributed by atoms with Crippen molar-refractivity contribution in [1.82, 2.24) is 9.97 Å². The maximum atomic E-state index is 11.4. The summed E-state index contributed by atoms with van der Waals surface area (Å²) in [6.45, 7) is 6.45. The molecule has 2 atom stereocenters. The van der Waals surface area contributed by atoms with Crippen molar-refractivity contribution in [2.45, 2.75) is 39.7 Å². The van der Waals surface area contributed by atoms with E-state index in [1.165, 1.54) is 0 Å². The number of hydrogen-bond acceptors (Lipinski definition) is 4. The Bertz CT molecular complexity index is 506. The van der Waals surface area contributed by atoms with Crippen LogP contribution in [0.1, 0.15) is 31.2 Å². The standard InChI is InChI=1S/C13H19ClN4O/c1-7-4-5-10(12(15)19)6-18(7)13-11(14)16-8(2)9(3)17-13/h7,10H,4-6H2,1-3H3,(H2,15,19). The van der Waals surface area contributed by atoms with Gasteiger partial charge in [0, 0.05) is 12.6 Å². The maximum Gasteiger partial charge on any atom is 0.222 e. The van der Waals surface area contributed by atoms with E-state index >= 15 is 0 Å². The van der Waals surface area contributed by atoms with Crippen LogP contribution in [-0.2, 0) is 4.79 Å². The molecule has 1 aromatic heterocycles. The lowest BCUT2D eigenvalue weighted by molar-refractivity contribution is -0.122. The van der Waals surface area contributed by atoms with E-state index in [1.54, 1.807) is 0 Å². The van der Waals surface area contributed by atoms with Gasteiger partial charge in [0.1, 0.15) is 0 Å². The molecule has 1 fully saturated rings. The molecule has 1 saturated heterocycles. The predicted octanol–water partition coefficient (Wildman–Crippen LogP) is 1.84. The number of hydrogen-bond donors (Lipinski definition) is 1. The fraction of sp³-hybridized carbons (Fsp3) is 0.615. The van der Waals surface area contributed by atoms with Gasteiger partial charge in [-0.1, -0.05) is 11.6 Å². The van der Waals surface area contributed by atoms with E-state index in [1.807, 2.05) is 18.7 Å². The zero-order valence-corrected chi connectivity index (χ0v) is 12.2.